The van der Waals surface area contributed by atoms with E-state index in [0.717, 1.165) is 24.0 Å². The Morgan fingerprint density at radius 3 is 2.56 bits per heavy atom. The van der Waals surface area contributed by atoms with Gasteiger partial charge < -0.3 is 5.32 Å². The molecule has 0 heterocycles. The summed E-state index contributed by atoms with van der Waals surface area (Å²) in [4.78, 5) is 0. The summed E-state index contributed by atoms with van der Waals surface area (Å²) in [6, 6.07) is 17.1. The molecule has 0 aliphatic carbocycles. The Morgan fingerprint density at radius 2 is 1.78 bits per heavy atom. The van der Waals surface area contributed by atoms with Gasteiger partial charge in [-0.05, 0) is 43.1 Å². The fraction of sp³-hybridized carbons (Fsp3) is 0.250. The SMILES string of the molecule is Cc1cccc(CCNCc2cccc(Br)c2)c1. The van der Waals surface area contributed by atoms with Gasteiger partial charge in [0.15, 0.2) is 0 Å². The monoisotopic (exact) mass is 303 g/mol. The lowest BCUT2D eigenvalue weighted by Crippen LogP contribution is -2.16. The molecule has 18 heavy (non-hydrogen) atoms. The second kappa shape index (κ2) is 6.72. The van der Waals surface area contributed by atoms with Crippen LogP contribution in [0.4, 0.5) is 0 Å². The molecule has 0 spiro atoms. The molecule has 0 unspecified atom stereocenters. The first-order chi connectivity index (χ1) is 8.74. The average Bonchev–Trinajstić information content (AvgIpc) is 2.35. The Bertz CT molecular complexity index is 460. The largest absolute Gasteiger partial charge is 0.312 e. The number of aryl methyl sites for hydroxylation is 1. The summed E-state index contributed by atoms with van der Waals surface area (Å²) < 4.78 is 1.14. The molecule has 0 saturated heterocycles. The third kappa shape index (κ3) is 4.28. The number of rotatable bonds is 5. The van der Waals surface area contributed by atoms with E-state index in [2.05, 4.69) is 76.7 Å². The summed E-state index contributed by atoms with van der Waals surface area (Å²) in [5.74, 6) is 0. The van der Waals surface area contributed by atoms with Crippen LogP contribution in [0.25, 0.3) is 0 Å². The molecule has 0 amide bonds. The Labute approximate surface area is 117 Å². The number of hydrogen-bond donors (Lipinski definition) is 1. The van der Waals surface area contributed by atoms with E-state index in [4.69, 9.17) is 0 Å². The highest BCUT2D eigenvalue weighted by Gasteiger charge is 1.95. The predicted molar refractivity (Wildman–Crippen MR) is 80.7 cm³/mol. The van der Waals surface area contributed by atoms with Gasteiger partial charge in [-0.2, -0.15) is 0 Å². The van der Waals surface area contributed by atoms with Gasteiger partial charge in [0, 0.05) is 11.0 Å². The predicted octanol–water partition coefficient (Wildman–Crippen LogP) is 4.09. The minimum atomic E-state index is 0.922. The first-order valence-electron chi connectivity index (χ1n) is 6.25. The van der Waals surface area contributed by atoms with Gasteiger partial charge in [0.05, 0.1) is 0 Å². The molecule has 2 aromatic rings. The maximum atomic E-state index is 3.49. The van der Waals surface area contributed by atoms with Crippen LogP contribution in [0.2, 0.25) is 0 Å². The van der Waals surface area contributed by atoms with Gasteiger partial charge in [-0.15, -0.1) is 0 Å². The molecule has 1 nitrogen and oxygen atoms in total. The summed E-state index contributed by atoms with van der Waals surface area (Å²) in [7, 11) is 0. The van der Waals surface area contributed by atoms with Crippen molar-refractivity contribution in [2.24, 2.45) is 0 Å². The second-order valence-electron chi connectivity index (χ2n) is 4.55. The molecule has 1 N–H and O–H groups in total. The Morgan fingerprint density at radius 1 is 1.00 bits per heavy atom. The summed E-state index contributed by atoms with van der Waals surface area (Å²) >= 11 is 3.49. The van der Waals surface area contributed by atoms with Gasteiger partial charge in [-0.3, -0.25) is 0 Å². The van der Waals surface area contributed by atoms with E-state index in [0.29, 0.717) is 0 Å². The number of benzene rings is 2. The van der Waals surface area contributed by atoms with Crippen molar-refractivity contribution in [3.63, 3.8) is 0 Å². The summed E-state index contributed by atoms with van der Waals surface area (Å²) in [6.45, 7) is 4.07. The highest BCUT2D eigenvalue weighted by Crippen LogP contribution is 2.11. The van der Waals surface area contributed by atoms with Crippen molar-refractivity contribution in [3.8, 4) is 0 Å². The molecule has 0 atom stereocenters. The van der Waals surface area contributed by atoms with E-state index in [-0.39, 0.29) is 0 Å². The van der Waals surface area contributed by atoms with Gasteiger partial charge in [-0.1, -0.05) is 57.9 Å². The van der Waals surface area contributed by atoms with Crippen LogP contribution in [0.15, 0.2) is 53.0 Å². The molecule has 0 aliphatic heterocycles. The molecule has 2 aromatic carbocycles. The number of hydrogen-bond acceptors (Lipinski definition) is 1. The van der Waals surface area contributed by atoms with Crippen molar-refractivity contribution >= 4 is 15.9 Å². The maximum absolute atomic E-state index is 3.49. The topological polar surface area (TPSA) is 12.0 Å². The molecule has 0 aliphatic rings. The van der Waals surface area contributed by atoms with Crippen molar-refractivity contribution < 1.29 is 0 Å². The van der Waals surface area contributed by atoms with E-state index in [9.17, 15) is 0 Å². The second-order valence-corrected chi connectivity index (χ2v) is 5.46. The maximum Gasteiger partial charge on any atom is 0.0206 e. The molecular formula is C16H18BrN. The zero-order valence-electron chi connectivity index (χ0n) is 10.6. The Kier molecular flexibility index (Phi) is 4.97. The van der Waals surface area contributed by atoms with Crippen LogP contribution in [0.1, 0.15) is 16.7 Å². The standard InChI is InChI=1S/C16H18BrN/c1-13-4-2-5-14(10-13)8-9-18-12-15-6-3-7-16(17)11-15/h2-7,10-11,18H,8-9,12H2,1H3. The van der Waals surface area contributed by atoms with E-state index < -0.39 is 0 Å². The van der Waals surface area contributed by atoms with Crippen LogP contribution < -0.4 is 5.32 Å². The van der Waals surface area contributed by atoms with Crippen molar-refractivity contribution in [2.45, 2.75) is 19.9 Å². The number of halogens is 1. The van der Waals surface area contributed by atoms with Crippen molar-refractivity contribution in [2.75, 3.05) is 6.54 Å². The molecule has 0 radical (unpaired) electrons. The molecule has 0 aromatic heterocycles. The molecule has 94 valence electrons. The fourth-order valence-electron chi connectivity index (χ4n) is 1.98. The van der Waals surface area contributed by atoms with Crippen LogP contribution in [-0.2, 0) is 13.0 Å². The zero-order valence-corrected chi connectivity index (χ0v) is 12.2. The number of nitrogens with one attached hydrogen (secondary N) is 1. The van der Waals surface area contributed by atoms with Gasteiger partial charge in [-0.25, -0.2) is 0 Å². The van der Waals surface area contributed by atoms with Crippen LogP contribution in [0, 0.1) is 6.92 Å². The highest BCUT2D eigenvalue weighted by molar-refractivity contribution is 9.10. The molecule has 0 bridgehead atoms. The first kappa shape index (κ1) is 13.3. The molecule has 2 heteroatoms. The summed E-state index contributed by atoms with van der Waals surface area (Å²) in [5.41, 5.74) is 4.05. The average molecular weight is 304 g/mol. The van der Waals surface area contributed by atoms with Crippen LogP contribution in [0.5, 0.6) is 0 Å². The Hall–Kier alpha value is -1.12. The van der Waals surface area contributed by atoms with Crippen LogP contribution in [0.3, 0.4) is 0 Å². The molecular weight excluding hydrogens is 286 g/mol. The third-order valence-corrected chi connectivity index (χ3v) is 3.38. The molecule has 0 saturated carbocycles. The van der Waals surface area contributed by atoms with Gasteiger partial charge in [0.2, 0.25) is 0 Å². The van der Waals surface area contributed by atoms with Crippen molar-refractivity contribution in [1.29, 1.82) is 0 Å². The quantitative estimate of drug-likeness (QED) is 0.820. The van der Waals surface area contributed by atoms with E-state index in [1.165, 1.54) is 16.7 Å². The third-order valence-electron chi connectivity index (χ3n) is 2.89. The molecule has 2 rings (SSSR count). The highest BCUT2D eigenvalue weighted by atomic mass is 79.9. The fourth-order valence-corrected chi connectivity index (χ4v) is 2.43. The lowest BCUT2D eigenvalue weighted by Gasteiger charge is -2.06. The van der Waals surface area contributed by atoms with E-state index in [1.54, 1.807) is 0 Å². The van der Waals surface area contributed by atoms with Crippen molar-refractivity contribution in [1.82, 2.24) is 5.32 Å². The van der Waals surface area contributed by atoms with Gasteiger partial charge in [0.25, 0.3) is 0 Å². The lowest BCUT2D eigenvalue weighted by atomic mass is 10.1. The van der Waals surface area contributed by atoms with Gasteiger partial charge in [0.1, 0.15) is 0 Å². The zero-order chi connectivity index (χ0) is 12.8. The lowest BCUT2D eigenvalue weighted by molar-refractivity contribution is 0.686. The first-order valence-corrected chi connectivity index (χ1v) is 7.04. The summed E-state index contributed by atoms with van der Waals surface area (Å²) in [6.07, 6.45) is 1.08. The summed E-state index contributed by atoms with van der Waals surface area (Å²) in [5, 5.41) is 3.48. The van der Waals surface area contributed by atoms with Crippen molar-refractivity contribution in [3.05, 3.63) is 69.7 Å². The molecule has 0 fully saturated rings. The van der Waals surface area contributed by atoms with Crippen LogP contribution in [-0.4, -0.2) is 6.54 Å². The van der Waals surface area contributed by atoms with E-state index in [1.807, 2.05) is 0 Å². The van der Waals surface area contributed by atoms with Crippen LogP contribution >= 0.6 is 15.9 Å². The Balaban J connectivity index is 1.76. The minimum absolute atomic E-state index is 0.922. The van der Waals surface area contributed by atoms with Gasteiger partial charge >= 0.3 is 0 Å². The smallest absolute Gasteiger partial charge is 0.0206 e. The minimum Gasteiger partial charge on any atom is -0.312 e. The van der Waals surface area contributed by atoms with E-state index >= 15 is 0 Å². The normalized spacial score (nSPS) is 10.6.